The Hall–Kier alpha value is -1.10. The summed E-state index contributed by atoms with van der Waals surface area (Å²) >= 11 is 1.69. The molecule has 0 aromatic carbocycles. The molecular formula is C9H11N3S. The number of nitrogens with two attached hydrogens (primary N) is 1. The van der Waals surface area contributed by atoms with E-state index in [1.807, 2.05) is 29.8 Å². The van der Waals surface area contributed by atoms with Crippen molar-refractivity contribution in [1.29, 1.82) is 0 Å². The van der Waals surface area contributed by atoms with Gasteiger partial charge in [-0.2, -0.15) is 0 Å². The Bertz CT molecular complexity index is 305. The van der Waals surface area contributed by atoms with Crippen LogP contribution >= 0.6 is 11.3 Å². The SMILES string of the molecule is NNC(c1ccc[nH]1)c1cccs1. The molecule has 2 heterocycles. The Labute approximate surface area is 80.6 Å². The summed E-state index contributed by atoms with van der Waals surface area (Å²) in [5.41, 5.74) is 3.87. The fourth-order valence-corrected chi connectivity index (χ4v) is 2.11. The lowest BCUT2D eigenvalue weighted by Crippen LogP contribution is -2.28. The summed E-state index contributed by atoms with van der Waals surface area (Å²) in [6, 6.07) is 8.15. The van der Waals surface area contributed by atoms with Gasteiger partial charge in [-0.15, -0.1) is 11.3 Å². The van der Waals surface area contributed by atoms with E-state index in [1.54, 1.807) is 11.3 Å². The highest BCUT2D eigenvalue weighted by atomic mass is 32.1. The zero-order valence-corrected chi connectivity index (χ0v) is 7.84. The normalized spacial score (nSPS) is 13.0. The molecule has 0 aliphatic rings. The summed E-state index contributed by atoms with van der Waals surface area (Å²) in [6.45, 7) is 0. The quantitative estimate of drug-likeness (QED) is 0.512. The molecule has 0 aliphatic heterocycles. The summed E-state index contributed by atoms with van der Waals surface area (Å²) < 4.78 is 0. The lowest BCUT2D eigenvalue weighted by Gasteiger charge is -2.11. The van der Waals surface area contributed by atoms with Crippen LogP contribution in [0.25, 0.3) is 0 Å². The topological polar surface area (TPSA) is 53.8 Å². The minimum atomic E-state index is 0.0787. The third-order valence-electron chi connectivity index (χ3n) is 1.93. The maximum absolute atomic E-state index is 5.49. The highest BCUT2D eigenvalue weighted by Crippen LogP contribution is 2.23. The zero-order chi connectivity index (χ0) is 9.10. The average Bonchev–Trinajstić information content (AvgIpc) is 2.76. The standard InChI is InChI=1S/C9H11N3S/c10-12-9(7-3-1-5-11-7)8-4-2-6-13-8/h1-6,9,11-12H,10H2. The first-order valence-corrected chi connectivity index (χ1v) is 4.92. The van der Waals surface area contributed by atoms with Crippen molar-refractivity contribution >= 4 is 11.3 Å². The van der Waals surface area contributed by atoms with Gasteiger partial charge in [0.25, 0.3) is 0 Å². The minimum Gasteiger partial charge on any atom is -0.363 e. The van der Waals surface area contributed by atoms with E-state index in [-0.39, 0.29) is 6.04 Å². The Morgan fingerprint density at radius 2 is 2.31 bits per heavy atom. The molecule has 4 heteroatoms. The van der Waals surface area contributed by atoms with Gasteiger partial charge in [0.15, 0.2) is 0 Å². The molecule has 2 aromatic heterocycles. The number of thiophene rings is 1. The molecule has 4 N–H and O–H groups in total. The van der Waals surface area contributed by atoms with E-state index in [1.165, 1.54) is 4.88 Å². The van der Waals surface area contributed by atoms with Crippen LogP contribution in [0.15, 0.2) is 35.8 Å². The van der Waals surface area contributed by atoms with E-state index >= 15 is 0 Å². The van der Waals surface area contributed by atoms with Crippen molar-refractivity contribution in [3.63, 3.8) is 0 Å². The van der Waals surface area contributed by atoms with Gasteiger partial charge in [0.2, 0.25) is 0 Å². The summed E-state index contributed by atoms with van der Waals surface area (Å²) in [6.07, 6.45) is 1.90. The first-order chi connectivity index (χ1) is 6.42. The first-order valence-electron chi connectivity index (χ1n) is 4.04. The second kappa shape index (κ2) is 3.74. The van der Waals surface area contributed by atoms with E-state index in [2.05, 4.69) is 16.5 Å². The Morgan fingerprint density at radius 1 is 1.38 bits per heavy atom. The van der Waals surface area contributed by atoms with Crippen molar-refractivity contribution in [1.82, 2.24) is 10.4 Å². The fourth-order valence-electron chi connectivity index (χ4n) is 1.30. The van der Waals surface area contributed by atoms with Crippen LogP contribution in [0.4, 0.5) is 0 Å². The molecular weight excluding hydrogens is 182 g/mol. The second-order valence-electron chi connectivity index (χ2n) is 2.74. The lowest BCUT2D eigenvalue weighted by molar-refractivity contribution is 0.633. The maximum atomic E-state index is 5.49. The summed E-state index contributed by atoms with van der Waals surface area (Å²) in [5.74, 6) is 5.49. The molecule has 1 unspecified atom stereocenters. The number of rotatable bonds is 3. The van der Waals surface area contributed by atoms with E-state index < -0.39 is 0 Å². The number of H-pyrrole nitrogens is 1. The molecule has 0 spiro atoms. The minimum absolute atomic E-state index is 0.0787. The predicted molar refractivity (Wildman–Crippen MR) is 54.3 cm³/mol. The Morgan fingerprint density at radius 3 is 2.85 bits per heavy atom. The highest BCUT2D eigenvalue weighted by molar-refractivity contribution is 7.10. The monoisotopic (exact) mass is 193 g/mol. The van der Waals surface area contributed by atoms with Gasteiger partial charge in [0.1, 0.15) is 0 Å². The third-order valence-corrected chi connectivity index (χ3v) is 2.86. The molecule has 2 aromatic rings. The smallest absolute Gasteiger partial charge is 0.0950 e. The molecule has 0 aliphatic carbocycles. The van der Waals surface area contributed by atoms with Crippen molar-refractivity contribution in [2.24, 2.45) is 5.84 Å². The van der Waals surface area contributed by atoms with Gasteiger partial charge in [0.05, 0.1) is 6.04 Å². The van der Waals surface area contributed by atoms with Gasteiger partial charge >= 0.3 is 0 Å². The van der Waals surface area contributed by atoms with Crippen LogP contribution in [0, 0.1) is 0 Å². The van der Waals surface area contributed by atoms with E-state index in [4.69, 9.17) is 5.84 Å². The van der Waals surface area contributed by atoms with E-state index in [0.717, 1.165) is 5.69 Å². The predicted octanol–water partition coefficient (Wildman–Crippen LogP) is 1.63. The van der Waals surface area contributed by atoms with Gasteiger partial charge in [-0.05, 0) is 23.6 Å². The number of hydrogen-bond acceptors (Lipinski definition) is 3. The molecule has 0 radical (unpaired) electrons. The Balaban J connectivity index is 2.29. The van der Waals surface area contributed by atoms with Crippen molar-refractivity contribution < 1.29 is 0 Å². The van der Waals surface area contributed by atoms with Crippen LogP contribution in [-0.4, -0.2) is 4.98 Å². The van der Waals surface area contributed by atoms with Crippen molar-refractivity contribution in [2.75, 3.05) is 0 Å². The van der Waals surface area contributed by atoms with Crippen LogP contribution in [0.2, 0.25) is 0 Å². The van der Waals surface area contributed by atoms with Gasteiger partial charge in [-0.3, -0.25) is 5.84 Å². The van der Waals surface area contributed by atoms with Gasteiger partial charge < -0.3 is 4.98 Å². The number of nitrogens with one attached hydrogen (secondary N) is 2. The average molecular weight is 193 g/mol. The van der Waals surface area contributed by atoms with Gasteiger partial charge in [-0.25, -0.2) is 5.43 Å². The largest absolute Gasteiger partial charge is 0.363 e. The van der Waals surface area contributed by atoms with Crippen LogP contribution in [0.3, 0.4) is 0 Å². The molecule has 0 amide bonds. The van der Waals surface area contributed by atoms with Crippen LogP contribution < -0.4 is 11.3 Å². The summed E-state index contributed by atoms with van der Waals surface area (Å²) in [4.78, 5) is 4.35. The number of hydrazine groups is 1. The van der Waals surface area contributed by atoms with Crippen LogP contribution in [0.1, 0.15) is 16.6 Å². The third kappa shape index (κ3) is 1.65. The van der Waals surface area contributed by atoms with Gasteiger partial charge in [0, 0.05) is 16.8 Å². The first kappa shape index (κ1) is 8.50. The van der Waals surface area contributed by atoms with Crippen LogP contribution in [0.5, 0.6) is 0 Å². The van der Waals surface area contributed by atoms with Crippen molar-refractivity contribution in [2.45, 2.75) is 6.04 Å². The zero-order valence-electron chi connectivity index (χ0n) is 7.03. The number of aromatic nitrogens is 1. The second-order valence-corrected chi connectivity index (χ2v) is 3.72. The molecule has 3 nitrogen and oxygen atoms in total. The lowest BCUT2D eigenvalue weighted by atomic mass is 10.2. The molecule has 0 saturated heterocycles. The van der Waals surface area contributed by atoms with Crippen molar-refractivity contribution in [3.8, 4) is 0 Å². The highest BCUT2D eigenvalue weighted by Gasteiger charge is 2.12. The van der Waals surface area contributed by atoms with E-state index in [9.17, 15) is 0 Å². The molecule has 0 fully saturated rings. The van der Waals surface area contributed by atoms with E-state index in [0.29, 0.717) is 0 Å². The summed E-state index contributed by atoms with van der Waals surface area (Å²) in [5, 5.41) is 2.04. The molecule has 13 heavy (non-hydrogen) atoms. The Kier molecular flexibility index (Phi) is 2.44. The molecule has 2 rings (SSSR count). The molecule has 0 saturated carbocycles. The number of hydrogen-bond donors (Lipinski definition) is 3. The molecule has 68 valence electrons. The number of aromatic amines is 1. The van der Waals surface area contributed by atoms with Crippen LogP contribution in [-0.2, 0) is 0 Å². The summed E-state index contributed by atoms with van der Waals surface area (Å²) in [7, 11) is 0. The molecule has 1 atom stereocenters. The maximum Gasteiger partial charge on any atom is 0.0950 e. The van der Waals surface area contributed by atoms with Gasteiger partial charge in [-0.1, -0.05) is 6.07 Å². The fraction of sp³-hybridized carbons (Fsp3) is 0.111. The molecule has 0 bridgehead atoms. The van der Waals surface area contributed by atoms with Crippen molar-refractivity contribution in [3.05, 3.63) is 46.4 Å².